The molecule has 0 saturated heterocycles. The third-order valence-corrected chi connectivity index (χ3v) is 3.31. The van der Waals surface area contributed by atoms with Gasteiger partial charge in [0.2, 0.25) is 0 Å². The summed E-state index contributed by atoms with van der Waals surface area (Å²) in [5.74, 6) is 0.861. The van der Waals surface area contributed by atoms with Gasteiger partial charge in [0.15, 0.2) is 0 Å². The molecule has 1 rings (SSSR count). The predicted octanol–water partition coefficient (Wildman–Crippen LogP) is 2.32. The van der Waals surface area contributed by atoms with Gasteiger partial charge in [-0.3, -0.25) is 0 Å². The molecule has 0 aliphatic heterocycles. The van der Waals surface area contributed by atoms with Crippen LogP contribution in [0.4, 0.5) is 0 Å². The second-order valence-electron chi connectivity index (χ2n) is 4.50. The van der Waals surface area contributed by atoms with Crippen molar-refractivity contribution < 1.29 is 4.74 Å². The topological polar surface area (TPSA) is 35.2 Å². The van der Waals surface area contributed by atoms with Gasteiger partial charge in [0.25, 0.3) is 0 Å². The summed E-state index contributed by atoms with van der Waals surface area (Å²) in [6, 6.07) is 0. The number of ether oxygens (including phenoxy) is 1. The summed E-state index contributed by atoms with van der Waals surface area (Å²) in [7, 11) is 1.74. The van der Waals surface area contributed by atoms with Crippen LogP contribution in [0.25, 0.3) is 0 Å². The third kappa shape index (κ3) is 3.28. The molecule has 13 heavy (non-hydrogen) atoms. The van der Waals surface area contributed by atoms with E-state index in [9.17, 15) is 0 Å². The lowest BCUT2D eigenvalue weighted by Gasteiger charge is -2.30. The molecule has 0 aromatic heterocycles. The SMILES string of the molecule is CCC(N)(COC)CC1CCCC1. The molecule has 2 heteroatoms. The molecule has 1 aliphatic carbocycles. The van der Waals surface area contributed by atoms with Crippen LogP contribution >= 0.6 is 0 Å². The number of nitrogens with two attached hydrogens (primary N) is 1. The van der Waals surface area contributed by atoms with Crippen LogP contribution in [-0.2, 0) is 4.74 Å². The first-order valence-electron chi connectivity index (χ1n) is 5.48. The molecule has 1 unspecified atom stereocenters. The second-order valence-corrected chi connectivity index (χ2v) is 4.50. The van der Waals surface area contributed by atoms with E-state index in [2.05, 4.69) is 6.92 Å². The Labute approximate surface area is 81.8 Å². The molecule has 0 aromatic rings. The monoisotopic (exact) mass is 185 g/mol. The number of rotatable bonds is 5. The molecule has 0 aromatic carbocycles. The smallest absolute Gasteiger partial charge is 0.0642 e. The maximum atomic E-state index is 6.26. The zero-order chi connectivity index (χ0) is 9.73. The Bertz CT molecular complexity index is 143. The van der Waals surface area contributed by atoms with Gasteiger partial charge >= 0.3 is 0 Å². The van der Waals surface area contributed by atoms with E-state index in [1.165, 1.54) is 25.7 Å². The minimum Gasteiger partial charge on any atom is -0.383 e. The van der Waals surface area contributed by atoms with Crippen LogP contribution in [0, 0.1) is 5.92 Å². The largest absolute Gasteiger partial charge is 0.383 e. The van der Waals surface area contributed by atoms with Gasteiger partial charge in [-0.15, -0.1) is 0 Å². The first-order valence-corrected chi connectivity index (χ1v) is 5.48. The van der Waals surface area contributed by atoms with Gasteiger partial charge in [0.1, 0.15) is 0 Å². The molecular weight excluding hydrogens is 162 g/mol. The van der Waals surface area contributed by atoms with E-state index in [-0.39, 0.29) is 5.54 Å². The van der Waals surface area contributed by atoms with E-state index in [0.717, 1.165) is 18.8 Å². The van der Waals surface area contributed by atoms with E-state index in [1.54, 1.807) is 7.11 Å². The molecule has 1 fully saturated rings. The van der Waals surface area contributed by atoms with Crippen molar-refractivity contribution in [2.45, 2.75) is 51.0 Å². The highest BCUT2D eigenvalue weighted by molar-refractivity contribution is 4.86. The highest BCUT2D eigenvalue weighted by Crippen LogP contribution is 2.32. The van der Waals surface area contributed by atoms with Crippen LogP contribution in [0.1, 0.15) is 45.4 Å². The summed E-state index contributed by atoms with van der Waals surface area (Å²) < 4.78 is 5.18. The van der Waals surface area contributed by atoms with Crippen molar-refractivity contribution >= 4 is 0 Å². The summed E-state index contributed by atoms with van der Waals surface area (Å²) in [6.07, 6.45) is 7.73. The normalized spacial score (nSPS) is 23.3. The highest BCUT2D eigenvalue weighted by Gasteiger charge is 2.28. The zero-order valence-electron chi connectivity index (χ0n) is 9.01. The van der Waals surface area contributed by atoms with E-state index in [0.29, 0.717) is 6.61 Å². The maximum absolute atomic E-state index is 6.26. The lowest BCUT2D eigenvalue weighted by molar-refractivity contribution is 0.113. The summed E-state index contributed by atoms with van der Waals surface area (Å²) >= 11 is 0. The molecule has 78 valence electrons. The van der Waals surface area contributed by atoms with E-state index < -0.39 is 0 Å². The van der Waals surface area contributed by atoms with Crippen molar-refractivity contribution in [2.24, 2.45) is 11.7 Å². The highest BCUT2D eigenvalue weighted by atomic mass is 16.5. The van der Waals surface area contributed by atoms with Crippen LogP contribution in [0.5, 0.6) is 0 Å². The van der Waals surface area contributed by atoms with Crippen molar-refractivity contribution in [1.29, 1.82) is 0 Å². The molecule has 0 heterocycles. The molecule has 1 saturated carbocycles. The Morgan fingerprint density at radius 3 is 2.46 bits per heavy atom. The van der Waals surface area contributed by atoms with Crippen molar-refractivity contribution in [3.63, 3.8) is 0 Å². The Morgan fingerprint density at radius 2 is 2.00 bits per heavy atom. The summed E-state index contributed by atoms with van der Waals surface area (Å²) in [6.45, 7) is 2.87. The molecule has 0 bridgehead atoms. The fourth-order valence-corrected chi connectivity index (χ4v) is 2.38. The molecule has 0 spiro atoms. The molecule has 0 radical (unpaired) electrons. The van der Waals surface area contributed by atoms with Gasteiger partial charge in [0.05, 0.1) is 6.61 Å². The molecule has 1 aliphatic rings. The summed E-state index contributed by atoms with van der Waals surface area (Å²) in [4.78, 5) is 0. The van der Waals surface area contributed by atoms with Crippen LogP contribution < -0.4 is 5.73 Å². The molecule has 2 nitrogen and oxygen atoms in total. The maximum Gasteiger partial charge on any atom is 0.0642 e. The quantitative estimate of drug-likeness (QED) is 0.713. The van der Waals surface area contributed by atoms with Crippen molar-refractivity contribution in [3.05, 3.63) is 0 Å². The molecule has 0 amide bonds. The van der Waals surface area contributed by atoms with Gasteiger partial charge in [0, 0.05) is 12.6 Å². The Kier molecular flexibility index (Phi) is 4.20. The van der Waals surface area contributed by atoms with Crippen LogP contribution in [0.3, 0.4) is 0 Å². The van der Waals surface area contributed by atoms with Crippen molar-refractivity contribution in [1.82, 2.24) is 0 Å². The van der Waals surface area contributed by atoms with Crippen molar-refractivity contribution in [2.75, 3.05) is 13.7 Å². The van der Waals surface area contributed by atoms with E-state index in [4.69, 9.17) is 10.5 Å². The van der Waals surface area contributed by atoms with Gasteiger partial charge in [-0.1, -0.05) is 32.6 Å². The van der Waals surface area contributed by atoms with Gasteiger partial charge in [-0.2, -0.15) is 0 Å². The molecule has 1 atom stereocenters. The Balaban J connectivity index is 2.36. The minimum atomic E-state index is -0.0657. The standard InChI is InChI=1S/C11H23NO/c1-3-11(12,9-13-2)8-10-6-4-5-7-10/h10H,3-9,12H2,1-2H3. The van der Waals surface area contributed by atoms with E-state index in [1.807, 2.05) is 0 Å². The number of hydrogen-bond acceptors (Lipinski definition) is 2. The Hall–Kier alpha value is -0.0800. The lowest BCUT2D eigenvalue weighted by Crippen LogP contribution is -2.45. The average Bonchev–Trinajstić information content (AvgIpc) is 2.57. The predicted molar refractivity (Wildman–Crippen MR) is 55.7 cm³/mol. The fraction of sp³-hybridized carbons (Fsp3) is 1.00. The van der Waals surface area contributed by atoms with Crippen LogP contribution in [0.2, 0.25) is 0 Å². The van der Waals surface area contributed by atoms with Gasteiger partial charge < -0.3 is 10.5 Å². The van der Waals surface area contributed by atoms with Crippen LogP contribution in [0.15, 0.2) is 0 Å². The average molecular weight is 185 g/mol. The van der Waals surface area contributed by atoms with Gasteiger partial charge in [-0.05, 0) is 18.8 Å². The summed E-state index contributed by atoms with van der Waals surface area (Å²) in [5.41, 5.74) is 6.20. The number of hydrogen-bond donors (Lipinski definition) is 1. The minimum absolute atomic E-state index is 0.0657. The Morgan fingerprint density at radius 1 is 1.38 bits per heavy atom. The van der Waals surface area contributed by atoms with Crippen LogP contribution in [-0.4, -0.2) is 19.3 Å². The third-order valence-electron chi connectivity index (χ3n) is 3.31. The second kappa shape index (κ2) is 4.97. The molecular formula is C11H23NO. The van der Waals surface area contributed by atoms with E-state index >= 15 is 0 Å². The van der Waals surface area contributed by atoms with Crippen molar-refractivity contribution in [3.8, 4) is 0 Å². The summed E-state index contributed by atoms with van der Waals surface area (Å²) in [5, 5.41) is 0. The molecule has 2 N–H and O–H groups in total. The first kappa shape index (κ1) is 11.0. The zero-order valence-corrected chi connectivity index (χ0v) is 9.01. The first-order chi connectivity index (χ1) is 6.20. The number of methoxy groups -OCH3 is 1. The lowest BCUT2D eigenvalue weighted by atomic mass is 9.86. The fourth-order valence-electron chi connectivity index (χ4n) is 2.38. The van der Waals surface area contributed by atoms with Gasteiger partial charge in [-0.25, -0.2) is 0 Å².